The van der Waals surface area contributed by atoms with Crippen LogP contribution in [-0.2, 0) is 6.54 Å². The zero-order valence-corrected chi connectivity index (χ0v) is 14.2. The molecular weight excluding hydrogens is 355 g/mol. The van der Waals surface area contributed by atoms with Crippen molar-refractivity contribution in [2.75, 3.05) is 18.5 Å². The monoisotopic (exact) mass is 372 g/mol. The van der Waals surface area contributed by atoms with Crippen molar-refractivity contribution < 1.29 is 23.4 Å². The van der Waals surface area contributed by atoms with E-state index in [1.54, 1.807) is 30.6 Å². The maximum Gasteiger partial charge on any atom is 0.404 e. The van der Waals surface area contributed by atoms with E-state index < -0.39 is 6.09 Å². The molecule has 0 unspecified atom stereocenters. The van der Waals surface area contributed by atoms with Gasteiger partial charge < -0.3 is 24.9 Å². The topological polar surface area (TPSA) is 110 Å². The molecule has 9 heteroatoms. The Balaban J connectivity index is 1.60. The zero-order valence-electron chi connectivity index (χ0n) is 14.2. The average molecular weight is 372 g/mol. The van der Waals surface area contributed by atoms with Crippen LogP contribution in [0.4, 0.5) is 15.2 Å². The molecular formula is C18H17FN4O4. The first-order valence-corrected chi connectivity index (χ1v) is 8.05. The van der Waals surface area contributed by atoms with Crippen LogP contribution in [0.15, 0.2) is 59.0 Å². The summed E-state index contributed by atoms with van der Waals surface area (Å²) in [5.41, 5.74) is 2.36. The van der Waals surface area contributed by atoms with E-state index in [1.807, 2.05) is 12.1 Å². The fraction of sp³-hybridized carbons (Fsp3) is 0.167. The van der Waals surface area contributed by atoms with Crippen LogP contribution in [0.25, 0.3) is 11.1 Å². The molecule has 0 spiro atoms. The molecule has 0 radical (unpaired) electrons. The summed E-state index contributed by atoms with van der Waals surface area (Å²) in [7, 11) is 0. The lowest BCUT2D eigenvalue weighted by molar-refractivity contribution is 0.195. The smallest absolute Gasteiger partial charge is 0.404 e. The van der Waals surface area contributed by atoms with Gasteiger partial charge in [-0.3, -0.25) is 4.98 Å². The number of hydrogen-bond acceptors (Lipinski definition) is 6. The van der Waals surface area contributed by atoms with E-state index >= 15 is 0 Å². The second-order valence-electron chi connectivity index (χ2n) is 5.57. The van der Waals surface area contributed by atoms with Crippen LogP contribution in [-0.4, -0.2) is 34.3 Å². The Hall–Kier alpha value is -3.62. The standard InChI is InChI=1S/C18H17FN4O4/c19-8-13(10-22-18(24)25)11-26-14-1-2-15-16(7-14)27-17(23-15)21-9-12-3-5-20-6-4-12/h1-8,22H,9-11H2,(H,21,23)(H,24,25). The van der Waals surface area contributed by atoms with Gasteiger partial charge in [0.25, 0.3) is 6.01 Å². The van der Waals surface area contributed by atoms with Gasteiger partial charge in [0.15, 0.2) is 5.58 Å². The first-order valence-electron chi connectivity index (χ1n) is 8.05. The number of hydrogen-bond donors (Lipinski definition) is 3. The number of carboxylic acid groups (broad SMARTS) is 1. The van der Waals surface area contributed by atoms with Crippen molar-refractivity contribution in [1.29, 1.82) is 0 Å². The summed E-state index contributed by atoms with van der Waals surface area (Å²) >= 11 is 0. The number of ether oxygens (including phenoxy) is 1. The van der Waals surface area contributed by atoms with E-state index in [0.717, 1.165) is 5.56 Å². The second-order valence-corrected chi connectivity index (χ2v) is 5.57. The molecule has 1 aromatic carbocycles. The molecule has 0 saturated carbocycles. The number of aromatic nitrogens is 2. The predicted molar refractivity (Wildman–Crippen MR) is 96.3 cm³/mol. The number of carbonyl (C=O) groups is 1. The molecule has 3 N–H and O–H groups in total. The molecule has 0 atom stereocenters. The second kappa shape index (κ2) is 8.65. The summed E-state index contributed by atoms with van der Waals surface area (Å²) < 4.78 is 23.9. The van der Waals surface area contributed by atoms with Crippen LogP contribution in [0, 0.1) is 0 Å². The highest BCUT2D eigenvalue weighted by Crippen LogP contribution is 2.24. The van der Waals surface area contributed by atoms with Gasteiger partial charge in [0.2, 0.25) is 0 Å². The van der Waals surface area contributed by atoms with E-state index in [4.69, 9.17) is 14.3 Å². The zero-order chi connectivity index (χ0) is 19.1. The van der Waals surface area contributed by atoms with Crippen molar-refractivity contribution >= 4 is 23.2 Å². The summed E-state index contributed by atoms with van der Waals surface area (Å²) in [6, 6.07) is 9.18. The molecule has 140 valence electrons. The number of halogens is 1. The first kappa shape index (κ1) is 18.2. The number of benzene rings is 1. The van der Waals surface area contributed by atoms with E-state index in [9.17, 15) is 9.18 Å². The normalized spacial score (nSPS) is 11.4. The lowest BCUT2D eigenvalue weighted by Gasteiger charge is -2.08. The van der Waals surface area contributed by atoms with Crippen LogP contribution in [0.2, 0.25) is 0 Å². The molecule has 2 heterocycles. The number of nitrogens with one attached hydrogen (secondary N) is 2. The van der Waals surface area contributed by atoms with Gasteiger partial charge in [-0.25, -0.2) is 9.18 Å². The van der Waals surface area contributed by atoms with Gasteiger partial charge in [-0.15, -0.1) is 0 Å². The van der Waals surface area contributed by atoms with Gasteiger partial charge in [0.1, 0.15) is 17.9 Å². The summed E-state index contributed by atoms with van der Waals surface area (Å²) in [4.78, 5) is 18.7. The SMILES string of the molecule is O=C(O)NCC(=CF)COc1ccc2nc(NCc3ccncc3)oc2c1. The number of rotatable bonds is 8. The van der Waals surface area contributed by atoms with E-state index in [2.05, 4.69) is 20.6 Å². The minimum absolute atomic E-state index is 0.0937. The van der Waals surface area contributed by atoms with Gasteiger partial charge in [-0.2, -0.15) is 4.98 Å². The molecule has 0 aliphatic carbocycles. The third-order valence-electron chi connectivity index (χ3n) is 3.60. The third kappa shape index (κ3) is 5.18. The molecule has 0 fully saturated rings. The highest BCUT2D eigenvalue weighted by atomic mass is 19.1. The predicted octanol–water partition coefficient (Wildman–Crippen LogP) is 3.33. The maximum atomic E-state index is 12.8. The Bertz CT molecular complexity index is 943. The molecule has 0 saturated heterocycles. The molecule has 2 aromatic heterocycles. The molecule has 0 aliphatic heterocycles. The Morgan fingerprint density at radius 2 is 2.11 bits per heavy atom. The average Bonchev–Trinajstić information content (AvgIpc) is 3.09. The molecule has 3 rings (SSSR count). The third-order valence-corrected chi connectivity index (χ3v) is 3.60. The van der Waals surface area contributed by atoms with Gasteiger partial charge in [-0.05, 0) is 29.8 Å². The Morgan fingerprint density at radius 3 is 2.85 bits per heavy atom. The van der Waals surface area contributed by atoms with Crippen LogP contribution in [0.1, 0.15) is 5.56 Å². The summed E-state index contributed by atoms with van der Waals surface area (Å²) in [5, 5.41) is 13.7. The van der Waals surface area contributed by atoms with E-state index in [1.165, 1.54) is 0 Å². The largest absolute Gasteiger partial charge is 0.489 e. The lowest BCUT2D eigenvalue weighted by atomic mass is 10.3. The number of fused-ring (bicyclic) bond motifs is 1. The van der Waals surface area contributed by atoms with Crippen molar-refractivity contribution in [3.05, 3.63) is 60.2 Å². The van der Waals surface area contributed by atoms with Crippen molar-refractivity contribution in [1.82, 2.24) is 15.3 Å². The molecule has 0 aliphatic rings. The minimum Gasteiger partial charge on any atom is -0.489 e. The number of amides is 1. The summed E-state index contributed by atoms with van der Waals surface area (Å²) in [5.74, 6) is 0.453. The highest BCUT2D eigenvalue weighted by Gasteiger charge is 2.08. The van der Waals surface area contributed by atoms with E-state index in [-0.39, 0.29) is 18.7 Å². The van der Waals surface area contributed by atoms with Crippen molar-refractivity contribution in [3.8, 4) is 5.75 Å². The van der Waals surface area contributed by atoms with Crippen LogP contribution < -0.4 is 15.4 Å². The summed E-state index contributed by atoms with van der Waals surface area (Å²) in [6.07, 6.45) is 2.51. The Kier molecular flexibility index (Phi) is 5.83. The highest BCUT2D eigenvalue weighted by molar-refractivity contribution is 5.76. The van der Waals surface area contributed by atoms with Crippen LogP contribution in [0.5, 0.6) is 5.75 Å². The van der Waals surface area contributed by atoms with Crippen molar-refractivity contribution in [2.45, 2.75) is 6.54 Å². The molecule has 27 heavy (non-hydrogen) atoms. The van der Waals surface area contributed by atoms with Crippen LogP contribution in [0.3, 0.4) is 0 Å². The minimum atomic E-state index is -1.23. The molecule has 8 nitrogen and oxygen atoms in total. The lowest BCUT2D eigenvalue weighted by Crippen LogP contribution is -2.25. The fourth-order valence-electron chi connectivity index (χ4n) is 2.23. The molecule has 3 aromatic rings. The van der Waals surface area contributed by atoms with Crippen LogP contribution >= 0.6 is 0 Å². The number of anilines is 1. The number of pyridine rings is 1. The molecule has 1 amide bonds. The Morgan fingerprint density at radius 1 is 1.30 bits per heavy atom. The van der Waals surface area contributed by atoms with Gasteiger partial charge in [-0.1, -0.05) is 0 Å². The van der Waals surface area contributed by atoms with Crippen molar-refractivity contribution in [3.63, 3.8) is 0 Å². The van der Waals surface area contributed by atoms with Gasteiger partial charge in [0, 0.05) is 37.1 Å². The first-order chi connectivity index (χ1) is 13.1. The van der Waals surface area contributed by atoms with Gasteiger partial charge >= 0.3 is 6.09 Å². The number of oxazole rings is 1. The van der Waals surface area contributed by atoms with Gasteiger partial charge in [0.05, 0.1) is 6.33 Å². The van der Waals surface area contributed by atoms with E-state index in [0.29, 0.717) is 35.7 Å². The molecule has 0 bridgehead atoms. The fourth-order valence-corrected chi connectivity index (χ4v) is 2.23. The summed E-state index contributed by atoms with van der Waals surface area (Å²) in [6.45, 7) is 0.295. The van der Waals surface area contributed by atoms with Crippen molar-refractivity contribution in [2.24, 2.45) is 0 Å². The maximum absolute atomic E-state index is 12.8. The number of nitrogens with zero attached hydrogens (tertiary/aromatic N) is 2. The quantitative estimate of drug-likeness (QED) is 0.556. The Labute approximate surface area is 153 Å².